The smallest absolute Gasteiger partial charge is 0.276 e. The Hall–Kier alpha value is -2.87. The van der Waals surface area contributed by atoms with Crippen molar-refractivity contribution in [3.05, 3.63) is 115 Å². The third-order valence-electron chi connectivity index (χ3n) is 5.66. The zero-order chi connectivity index (χ0) is 22.6. The Morgan fingerprint density at radius 2 is 1.16 bits per heavy atom. The predicted molar refractivity (Wildman–Crippen MR) is 143 cm³/mol. The molecule has 0 radical (unpaired) electrons. The minimum absolute atomic E-state index is 0.748. The summed E-state index contributed by atoms with van der Waals surface area (Å²) in [5.74, 6) is 0.965. The highest BCUT2D eigenvalue weighted by molar-refractivity contribution is 7.74. The van der Waals surface area contributed by atoms with Crippen molar-refractivity contribution in [2.24, 2.45) is 0 Å². The molecular weight excluding hydrogens is 425 g/mol. The molecule has 0 atom stereocenters. The molecule has 162 valence electrons. The summed E-state index contributed by atoms with van der Waals surface area (Å²) >= 11 is 0. The molecule has 32 heavy (non-hydrogen) atoms. The zero-order valence-electron chi connectivity index (χ0n) is 19.2. The number of benzene rings is 4. The molecule has 0 spiro atoms. The minimum Gasteiger partial charge on any atom is -0.538 e. The standard InChI is InChI=1S/C28H30NOPSi/c1-23-15-14-22-27(30-32(3,4)26-20-12-7-13-21-26)28(23)29(2)31(24-16-8-5-9-17-24)25-18-10-6-11-19-25/h5-22H,1-4H3. The maximum atomic E-state index is 6.85. The van der Waals surface area contributed by atoms with Gasteiger partial charge in [0, 0.05) is 17.7 Å². The summed E-state index contributed by atoms with van der Waals surface area (Å²) < 4.78 is 9.28. The number of hydrogen-bond donors (Lipinski definition) is 0. The van der Waals surface area contributed by atoms with Crippen LogP contribution in [-0.4, -0.2) is 15.4 Å². The Kier molecular flexibility index (Phi) is 6.79. The lowest BCUT2D eigenvalue weighted by Gasteiger charge is -2.35. The number of para-hydroxylation sites is 1. The number of anilines is 1. The molecular formula is C28H30NOPSi. The van der Waals surface area contributed by atoms with Gasteiger partial charge >= 0.3 is 0 Å². The molecule has 4 aromatic carbocycles. The van der Waals surface area contributed by atoms with Gasteiger partial charge in [0.2, 0.25) is 0 Å². The topological polar surface area (TPSA) is 12.5 Å². The summed E-state index contributed by atoms with van der Waals surface area (Å²) in [6, 6.07) is 38.6. The molecule has 4 rings (SSSR count). The number of aryl methyl sites for hydroxylation is 1. The molecule has 4 heteroatoms. The lowest BCUT2D eigenvalue weighted by molar-refractivity contribution is 0.565. The van der Waals surface area contributed by atoms with Gasteiger partial charge < -0.3 is 9.10 Å². The fraction of sp³-hybridized carbons (Fsp3) is 0.143. The van der Waals surface area contributed by atoms with Crippen molar-refractivity contribution in [2.45, 2.75) is 20.0 Å². The van der Waals surface area contributed by atoms with Crippen molar-refractivity contribution < 1.29 is 4.43 Å². The second-order valence-corrected chi connectivity index (χ2v) is 14.5. The van der Waals surface area contributed by atoms with Gasteiger partial charge in [-0.05, 0) is 36.8 Å². The van der Waals surface area contributed by atoms with Crippen LogP contribution in [0, 0.1) is 6.92 Å². The van der Waals surface area contributed by atoms with Crippen LogP contribution in [0.4, 0.5) is 5.69 Å². The van der Waals surface area contributed by atoms with Gasteiger partial charge in [0.05, 0.1) is 13.8 Å². The molecule has 0 fully saturated rings. The van der Waals surface area contributed by atoms with Crippen LogP contribution in [-0.2, 0) is 0 Å². The fourth-order valence-electron chi connectivity index (χ4n) is 4.04. The number of nitrogens with zero attached hydrogens (tertiary/aromatic N) is 1. The second-order valence-electron chi connectivity index (χ2n) is 8.41. The van der Waals surface area contributed by atoms with Crippen LogP contribution in [0.25, 0.3) is 0 Å². The van der Waals surface area contributed by atoms with E-state index >= 15 is 0 Å². The van der Waals surface area contributed by atoms with E-state index in [1.54, 1.807) is 0 Å². The van der Waals surface area contributed by atoms with E-state index in [0.29, 0.717) is 0 Å². The highest BCUT2D eigenvalue weighted by Crippen LogP contribution is 2.46. The molecule has 0 aliphatic carbocycles. The summed E-state index contributed by atoms with van der Waals surface area (Å²) in [6.07, 6.45) is 0. The lowest BCUT2D eigenvalue weighted by atomic mass is 10.2. The highest BCUT2D eigenvalue weighted by atomic mass is 31.1. The molecule has 4 aromatic rings. The van der Waals surface area contributed by atoms with Crippen molar-refractivity contribution in [1.29, 1.82) is 0 Å². The maximum absolute atomic E-state index is 6.85. The molecule has 0 bridgehead atoms. The van der Waals surface area contributed by atoms with Gasteiger partial charge in [-0.3, -0.25) is 0 Å². The van der Waals surface area contributed by atoms with Crippen LogP contribution in [0.15, 0.2) is 109 Å². The quantitative estimate of drug-likeness (QED) is 0.251. The van der Waals surface area contributed by atoms with Crippen molar-refractivity contribution >= 4 is 37.9 Å². The van der Waals surface area contributed by atoms with Crippen LogP contribution in [0.1, 0.15) is 5.56 Å². The Morgan fingerprint density at radius 1 is 0.656 bits per heavy atom. The summed E-state index contributed by atoms with van der Waals surface area (Å²) in [4.78, 5) is 0. The Bertz CT molecular complexity index is 1110. The first-order valence-corrected chi connectivity index (χ1v) is 15.2. The largest absolute Gasteiger partial charge is 0.538 e. The van der Waals surface area contributed by atoms with E-state index in [0.717, 1.165) is 5.75 Å². The Balaban J connectivity index is 1.78. The first-order valence-electron chi connectivity index (χ1n) is 11.0. The van der Waals surface area contributed by atoms with Gasteiger partial charge in [0.25, 0.3) is 8.32 Å². The molecule has 2 nitrogen and oxygen atoms in total. The van der Waals surface area contributed by atoms with E-state index in [-0.39, 0.29) is 0 Å². The molecule has 0 saturated carbocycles. The second kappa shape index (κ2) is 9.73. The lowest BCUT2D eigenvalue weighted by Crippen LogP contribution is -2.47. The van der Waals surface area contributed by atoms with Gasteiger partial charge in [-0.25, -0.2) is 0 Å². The minimum atomic E-state index is -2.13. The van der Waals surface area contributed by atoms with E-state index in [9.17, 15) is 0 Å². The van der Waals surface area contributed by atoms with Gasteiger partial charge in [0.15, 0.2) is 0 Å². The zero-order valence-corrected chi connectivity index (χ0v) is 21.1. The number of hydrogen-bond acceptors (Lipinski definition) is 2. The summed E-state index contributed by atoms with van der Waals surface area (Å²) in [7, 11) is -0.675. The first-order chi connectivity index (χ1) is 15.5. The Morgan fingerprint density at radius 3 is 1.69 bits per heavy atom. The van der Waals surface area contributed by atoms with E-state index in [2.05, 4.69) is 141 Å². The molecule has 0 aromatic heterocycles. The van der Waals surface area contributed by atoms with Gasteiger partial charge in [-0.15, -0.1) is 0 Å². The van der Waals surface area contributed by atoms with Crippen LogP contribution >= 0.6 is 8.07 Å². The summed E-state index contributed by atoms with van der Waals surface area (Å²) in [5.41, 5.74) is 2.39. The van der Waals surface area contributed by atoms with Crippen LogP contribution < -0.4 is 24.9 Å². The van der Waals surface area contributed by atoms with Gasteiger partial charge in [0.1, 0.15) is 5.75 Å². The summed E-state index contributed by atoms with van der Waals surface area (Å²) in [6.45, 7) is 6.72. The number of rotatable bonds is 7. The van der Waals surface area contributed by atoms with Crippen LogP contribution in [0.2, 0.25) is 13.1 Å². The molecule has 0 N–H and O–H groups in total. The maximum Gasteiger partial charge on any atom is 0.276 e. The van der Waals surface area contributed by atoms with Crippen molar-refractivity contribution in [3.63, 3.8) is 0 Å². The van der Waals surface area contributed by atoms with Crippen molar-refractivity contribution in [1.82, 2.24) is 0 Å². The third-order valence-corrected chi connectivity index (χ3v) is 10.5. The molecule has 0 aliphatic heterocycles. The van der Waals surface area contributed by atoms with Crippen LogP contribution in [0.3, 0.4) is 0 Å². The van der Waals surface area contributed by atoms with E-state index in [4.69, 9.17) is 4.43 Å². The van der Waals surface area contributed by atoms with Gasteiger partial charge in [-0.2, -0.15) is 0 Å². The molecule has 0 heterocycles. The fourth-order valence-corrected chi connectivity index (χ4v) is 8.22. The highest BCUT2D eigenvalue weighted by Gasteiger charge is 2.30. The molecule has 0 aliphatic rings. The summed E-state index contributed by atoms with van der Waals surface area (Å²) in [5, 5.41) is 3.94. The average molecular weight is 456 g/mol. The molecule has 0 amide bonds. The average Bonchev–Trinajstić information content (AvgIpc) is 2.81. The SMILES string of the molecule is Cc1cccc(O[Si](C)(C)c2ccccc2)c1N(C)P(c1ccccc1)c1ccccc1. The van der Waals surface area contributed by atoms with E-state index in [1.165, 1.54) is 27.0 Å². The molecule has 0 saturated heterocycles. The monoisotopic (exact) mass is 455 g/mol. The van der Waals surface area contributed by atoms with Gasteiger partial charge in [-0.1, -0.05) is 103 Å². The van der Waals surface area contributed by atoms with E-state index in [1.807, 2.05) is 0 Å². The Labute approximate surface area is 194 Å². The van der Waals surface area contributed by atoms with Crippen molar-refractivity contribution in [2.75, 3.05) is 11.7 Å². The van der Waals surface area contributed by atoms with Crippen molar-refractivity contribution in [3.8, 4) is 5.75 Å². The molecule has 0 unspecified atom stereocenters. The van der Waals surface area contributed by atoms with E-state index < -0.39 is 16.4 Å². The normalized spacial score (nSPS) is 11.4. The predicted octanol–water partition coefficient (Wildman–Crippen LogP) is 5.97. The first kappa shape index (κ1) is 22.3. The van der Waals surface area contributed by atoms with Crippen LogP contribution in [0.5, 0.6) is 5.75 Å². The third kappa shape index (κ3) is 4.80.